The van der Waals surface area contributed by atoms with Crippen LogP contribution in [0.15, 0.2) is 84.2 Å². The van der Waals surface area contributed by atoms with E-state index in [4.69, 9.17) is 24.6 Å². The minimum atomic E-state index is -3.19. The quantitative estimate of drug-likeness (QED) is 0.116. The van der Waals surface area contributed by atoms with Crippen molar-refractivity contribution in [2.45, 2.75) is 148 Å². The van der Waals surface area contributed by atoms with Crippen molar-refractivity contribution in [2.75, 3.05) is 13.2 Å². The second kappa shape index (κ2) is 15.9. The van der Waals surface area contributed by atoms with E-state index in [0.717, 1.165) is 28.2 Å². The third kappa shape index (κ3) is 10.2. The first-order valence-electron chi connectivity index (χ1n) is 18.5. The first-order valence-corrected chi connectivity index (χ1v) is 29.0. The molecule has 0 amide bonds. The predicted molar refractivity (Wildman–Crippen MR) is 223 cm³/mol. The zero-order chi connectivity index (χ0) is 38.0. The summed E-state index contributed by atoms with van der Waals surface area (Å²) in [5.41, 5.74) is 1.79. The van der Waals surface area contributed by atoms with Crippen LogP contribution >= 0.6 is 7.14 Å². The van der Waals surface area contributed by atoms with E-state index in [2.05, 4.69) is 102 Å². The zero-order valence-corrected chi connectivity index (χ0v) is 38.0. The molecule has 0 bridgehead atoms. The van der Waals surface area contributed by atoms with E-state index in [0.29, 0.717) is 19.6 Å². The molecule has 9 heteroatoms. The summed E-state index contributed by atoms with van der Waals surface area (Å²) in [6.45, 7) is 40.1. The highest BCUT2D eigenvalue weighted by Crippen LogP contribution is 2.51. The van der Waals surface area contributed by atoms with Gasteiger partial charge in [0, 0.05) is 30.2 Å². The lowest BCUT2D eigenvalue weighted by atomic mass is 9.85. The highest BCUT2D eigenvalue weighted by Gasteiger charge is 2.50. The maximum absolute atomic E-state index is 15.4. The molecule has 0 unspecified atom stereocenters. The van der Waals surface area contributed by atoms with Crippen LogP contribution in [-0.4, -0.2) is 56.5 Å². The van der Waals surface area contributed by atoms with Gasteiger partial charge in [0.25, 0.3) is 0 Å². The summed E-state index contributed by atoms with van der Waals surface area (Å²) in [7, 11) is -9.65. The molecule has 0 spiro atoms. The van der Waals surface area contributed by atoms with Gasteiger partial charge in [0.1, 0.15) is 6.10 Å². The van der Waals surface area contributed by atoms with Gasteiger partial charge in [-0.2, -0.15) is 0 Å². The van der Waals surface area contributed by atoms with Crippen molar-refractivity contribution < 1.29 is 22.6 Å². The van der Waals surface area contributed by atoms with Crippen LogP contribution in [0.4, 0.5) is 0 Å². The molecule has 1 aliphatic carbocycles. The lowest BCUT2D eigenvalue weighted by Gasteiger charge is -2.49. The average molecular weight is 757 g/mol. The molecule has 3 atom stereocenters. The van der Waals surface area contributed by atoms with E-state index >= 15 is 4.57 Å². The van der Waals surface area contributed by atoms with Gasteiger partial charge in [-0.3, -0.25) is 0 Å². The van der Waals surface area contributed by atoms with Crippen LogP contribution in [0.25, 0.3) is 0 Å². The van der Waals surface area contributed by atoms with Crippen LogP contribution in [0, 0.1) is 0 Å². The van der Waals surface area contributed by atoms with Crippen molar-refractivity contribution in [3.05, 3.63) is 84.2 Å². The molecule has 0 heterocycles. The second-order valence-corrected chi connectivity index (χ2v) is 35.7. The molecule has 3 rings (SSSR count). The molecule has 0 radical (unpaired) electrons. The molecule has 1 fully saturated rings. The molecule has 0 saturated heterocycles. The topological polar surface area (TPSA) is 54.0 Å². The van der Waals surface area contributed by atoms with Gasteiger partial charge in [-0.05, 0) is 77.8 Å². The maximum atomic E-state index is 15.4. The van der Waals surface area contributed by atoms with E-state index in [1.165, 1.54) is 0 Å². The number of rotatable bonds is 13. The van der Waals surface area contributed by atoms with E-state index in [1.54, 1.807) is 0 Å². The molecular weight excluding hydrogens is 688 g/mol. The molecule has 0 aromatic heterocycles. The van der Waals surface area contributed by atoms with Crippen molar-refractivity contribution in [1.82, 2.24) is 0 Å². The highest BCUT2D eigenvalue weighted by molar-refractivity contribution is 7.81. The third-order valence-corrected chi connectivity index (χ3v) is 28.1. The van der Waals surface area contributed by atoms with Crippen LogP contribution in [0.5, 0.6) is 0 Å². The Morgan fingerprint density at radius 2 is 1.14 bits per heavy atom. The largest absolute Gasteiger partial charge is 0.417 e. The minimum Gasteiger partial charge on any atom is -0.417 e. The molecule has 280 valence electrons. The number of hydrogen-bond donors (Lipinski definition) is 0. The number of ether oxygens (including phenoxy) is 1. The van der Waals surface area contributed by atoms with Gasteiger partial charge in [0.05, 0.1) is 12.2 Å². The van der Waals surface area contributed by atoms with Crippen LogP contribution in [0.2, 0.25) is 54.4 Å². The van der Waals surface area contributed by atoms with Gasteiger partial charge in [-0.15, -0.1) is 0 Å². The second-order valence-electron chi connectivity index (χ2n) is 18.7. The molecule has 0 aliphatic heterocycles. The van der Waals surface area contributed by atoms with E-state index < -0.39 is 38.2 Å². The van der Waals surface area contributed by atoms with Crippen LogP contribution < -0.4 is 10.6 Å². The molecule has 2 aromatic rings. The van der Waals surface area contributed by atoms with Gasteiger partial charge >= 0.3 is 0 Å². The maximum Gasteiger partial charge on any atom is 0.193 e. The summed E-state index contributed by atoms with van der Waals surface area (Å²) in [5.74, 6) is 2.01. The Hall–Kier alpha value is -1.36. The SMILES string of the molecule is C=C1/C(=C\P(=O)(c2ccccc2)c2ccccc2)C[C@H](O[Si](C)(C)C(C)(C)C)[C@H](OCCCO[Si](C)(C)C(C)(C)C)[C@@H]1O[Si](C)(C)C(C)(C)C. The monoisotopic (exact) mass is 756 g/mol. The Labute approximate surface area is 309 Å². The summed E-state index contributed by atoms with van der Waals surface area (Å²) in [4.78, 5) is 0. The molecule has 2 aromatic carbocycles. The van der Waals surface area contributed by atoms with E-state index in [-0.39, 0.29) is 27.3 Å². The zero-order valence-electron chi connectivity index (χ0n) is 34.1. The standard InChI is InChI=1S/C41H69O5PSi3/c1-32-33(31-47(42,34-24-19-17-20-25-34)35-26-21-18-22-27-35)30-36(45-49(13,14)40(5,6)7)38(37(32)46-50(15,16)41(8,9)10)43-28-23-29-44-48(11,12)39(2,3)4/h17-22,24-27,31,36-38H,1,23,28-30H2,2-16H3/b33-31-/t36-,37+,38-/m0/s1. The fraction of sp³-hybridized carbons (Fsp3) is 0.610. The molecule has 1 saturated carbocycles. The summed E-state index contributed by atoms with van der Waals surface area (Å²) in [6, 6.07) is 19.7. The molecule has 1 aliphatic rings. The van der Waals surface area contributed by atoms with Gasteiger partial charge < -0.3 is 22.6 Å². The normalized spacial score (nSPS) is 21.1. The summed E-state index contributed by atoms with van der Waals surface area (Å²) in [5, 5.41) is 1.72. The predicted octanol–water partition coefficient (Wildman–Crippen LogP) is 11.4. The summed E-state index contributed by atoms with van der Waals surface area (Å²) in [6.07, 6.45) is 0.256. The van der Waals surface area contributed by atoms with Crippen molar-refractivity contribution in [1.29, 1.82) is 0 Å². The Kier molecular flexibility index (Phi) is 13.7. The van der Waals surface area contributed by atoms with Crippen molar-refractivity contribution in [3.63, 3.8) is 0 Å². The van der Waals surface area contributed by atoms with Crippen LogP contribution in [0.3, 0.4) is 0 Å². The van der Waals surface area contributed by atoms with E-state index in [1.807, 2.05) is 66.5 Å². The van der Waals surface area contributed by atoms with Gasteiger partial charge in [0.15, 0.2) is 32.1 Å². The van der Waals surface area contributed by atoms with Crippen molar-refractivity contribution >= 4 is 42.7 Å². The van der Waals surface area contributed by atoms with Gasteiger partial charge in [-0.1, -0.05) is 130 Å². The Balaban J connectivity index is 2.14. The molecular formula is C41H69O5PSi3. The number of hydrogen-bond acceptors (Lipinski definition) is 5. The first-order chi connectivity index (χ1) is 22.7. The fourth-order valence-corrected chi connectivity index (χ4v) is 11.5. The number of benzene rings is 2. The molecule has 5 nitrogen and oxygen atoms in total. The summed E-state index contributed by atoms with van der Waals surface area (Å²) < 4.78 is 43.4. The van der Waals surface area contributed by atoms with E-state index in [9.17, 15) is 0 Å². The fourth-order valence-electron chi connectivity index (χ4n) is 5.31. The highest BCUT2D eigenvalue weighted by atomic mass is 31.2. The molecule has 0 N–H and O–H groups in total. The average Bonchev–Trinajstić information content (AvgIpc) is 2.99. The minimum absolute atomic E-state index is 0.00789. The van der Waals surface area contributed by atoms with Gasteiger partial charge in [-0.25, -0.2) is 0 Å². The van der Waals surface area contributed by atoms with Gasteiger partial charge in [0.2, 0.25) is 0 Å². The lowest BCUT2D eigenvalue weighted by molar-refractivity contribution is -0.0879. The lowest BCUT2D eigenvalue weighted by Crippen LogP contribution is -2.57. The van der Waals surface area contributed by atoms with Crippen molar-refractivity contribution in [3.8, 4) is 0 Å². The summed E-state index contributed by atoms with van der Waals surface area (Å²) >= 11 is 0. The molecule has 50 heavy (non-hydrogen) atoms. The first kappa shape index (κ1) is 43.0. The Morgan fingerprint density at radius 1 is 0.700 bits per heavy atom. The van der Waals surface area contributed by atoms with Crippen LogP contribution in [0.1, 0.15) is 75.2 Å². The third-order valence-electron chi connectivity index (χ3n) is 11.8. The van der Waals surface area contributed by atoms with Crippen molar-refractivity contribution in [2.24, 2.45) is 0 Å². The Bertz CT molecular complexity index is 1460. The van der Waals surface area contributed by atoms with Crippen LogP contribution in [-0.2, 0) is 22.6 Å². The smallest absolute Gasteiger partial charge is 0.193 e. The Morgan fingerprint density at radius 3 is 1.58 bits per heavy atom.